The van der Waals surface area contributed by atoms with Crippen LogP contribution in [0.3, 0.4) is 0 Å². The zero-order chi connectivity index (χ0) is 12.7. The predicted octanol–water partition coefficient (Wildman–Crippen LogP) is 2.64. The Kier molecular flexibility index (Phi) is 6.49. The van der Waals surface area contributed by atoms with E-state index in [-0.39, 0.29) is 11.3 Å². The van der Waals surface area contributed by atoms with Crippen molar-refractivity contribution in [2.75, 3.05) is 5.75 Å². The van der Waals surface area contributed by atoms with E-state index in [9.17, 15) is 8.42 Å². The lowest BCUT2D eigenvalue weighted by Crippen LogP contribution is -2.42. The number of hydrogen-bond acceptors (Lipinski definition) is 3. The summed E-state index contributed by atoms with van der Waals surface area (Å²) >= 11 is 0. The van der Waals surface area contributed by atoms with Crippen LogP contribution in [0.4, 0.5) is 0 Å². The Labute approximate surface area is 106 Å². The average molecular weight is 261 g/mol. The maximum atomic E-state index is 12.3. The third-order valence-corrected chi connectivity index (χ3v) is 6.11. The molecule has 2 atom stereocenters. The minimum atomic E-state index is -2.97. The Bertz CT molecular complexity index is 301. The molecule has 1 aliphatic carbocycles. The van der Waals surface area contributed by atoms with Gasteiger partial charge in [0.1, 0.15) is 0 Å². The SMILES string of the molecule is CCCCCS(=O)(=O)C1CCCCCCC1N. The van der Waals surface area contributed by atoms with Gasteiger partial charge in [0.2, 0.25) is 0 Å². The molecule has 1 fully saturated rings. The molecule has 0 saturated heterocycles. The van der Waals surface area contributed by atoms with Crippen LogP contribution < -0.4 is 5.73 Å². The maximum absolute atomic E-state index is 12.3. The topological polar surface area (TPSA) is 60.2 Å². The van der Waals surface area contributed by atoms with Crippen LogP contribution in [0.25, 0.3) is 0 Å². The van der Waals surface area contributed by atoms with E-state index in [4.69, 9.17) is 5.73 Å². The molecule has 2 unspecified atom stereocenters. The fourth-order valence-electron chi connectivity index (χ4n) is 2.63. The molecule has 0 aromatic carbocycles. The van der Waals surface area contributed by atoms with E-state index < -0.39 is 9.84 Å². The van der Waals surface area contributed by atoms with Gasteiger partial charge in [-0.3, -0.25) is 0 Å². The van der Waals surface area contributed by atoms with E-state index in [0.717, 1.165) is 51.4 Å². The molecule has 1 aliphatic rings. The van der Waals surface area contributed by atoms with E-state index in [0.29, 0.717) is 5.75 Å². The highest BCUT2D eigenvalue weighted by molar-refractivity contribution is 7.92. The summed E-state index contributed by atoms with van der Waals surface area (Å²) in [6, 6.07) is -0.137. The molecule has 0 heterocycles. The van der Waals surface area contributed by atoms with Crippen molar-refractivity contribution < 1.29 is 8.42 Å². The first kappa shape index (κ1) is 15.0. The van der Waals surface area contributed by atoms with Crippen LogP contribution in [0, 0.1) is 0 Å². The van der Waals surface area contributed by atoms with E-state index in [2.05, 4.69) is 6.92 Å². The van der Waals surface area contributed by atoms with Crippen molar-refractivity contribution in [2.45, 2.75) is 76.0 Å². The average Bonchev–Trinajstić information content (AvgIpc) is 2.23. The second kappa shape index (κ2) is 7.37. The molecule has 3 nitrogen and oxygen atoms in total. The van der Waals surface area contributed by atoms with E-state index >= 15 is 0 Å². The summed E-state index contributed by atoms with van der Waals surface area (Å²) in [7, 11) is -2.97. The fraction of sp³-hybridized carbons (Fsp3) is 1.00. The Morgan fingerprint density at radius 3 is 2.35 bits per heavy atom. The number of sulfone groups is 1. The lowest BCUT2D eigenvalue weighted by molar-refractivity contribution is 0.443. The quantitative estimate of drug-likeness (QED) is 0.774. The second-order valence-corrected chi connectivity index (χ2v) is 7.61. The van der Waals surface area contributed by atoms with Gasteiger partial charge in [-0.1, -0.05) is 45.4 Å². The zero-order valence-corrected chi connectivity index (χ0v) is 11.8. The van der Waals surface area contributed by atoms with E-state index in [1.807, 2.05) is 0 Å². The number of nitrogens with two attached hydrogens (primary N) is 1. The van der Waals surface area contributed by atoms with Crippen molar-refractivity contribution >= 4 is 9.84 Å². The maximum Gasteiger partial charge on any atom is 0.154 e. The summed E-state index contributed by atoms with van der Waals surface area (Å²) < 4.78 is 24.5. The highest BCUT2D eigenvalue weighted by Crippen LogP contribution is 2.23. The van der Waals surface area contributed by atoms with Gasteiger partial charge in [-0.05, 0) is 19.3 Å². The fourth-order valence-corrected chi connectivity index (χ4v) is 4.73. The van der Waals surface area contributed by atoms with Gasteiger partial charge in [-0.2, -0.15) is 0 Å². The van der Waals surface area contributed by atoms with Gasteiger partial charge >= 0.3 is 0 Å². The lowest BCUT2D eigenvalue weighted by Gasteiger charge is -2.26. The molecule has 0 radical (unpaired) electrons. The number of hydrogen-bond donors (Lipinski definition) is 1. The Hall–Kier alpha value is -0.0900. The molecular weight excluding hydrogens is 234 g/mol. The van der Waals surface area contributed by atoms with Crippen molar-refractivity contribution in [3.63, 3.8) is 0 Å². The first-order valence-corrected chi connectivity index (χ1v) is 8.76. The van der Waals surface area contributed by atoms with Crippen molar-refractivity contribution in [2.24, 2.45) is 5.73 Å². The van der Waals surface area contributed by atoms with Gasteiger partial charge in [0, 0.05) is 6.04 Å². The largest absolute Gasteiger partial charge is 0.327 e. The van der Waals surface area contributed by atoms with Gasteiger partial charge in [-0.25, -0.2) is 8.42 Å². The van der Waals surface area contributed by atoms with Crippen LogP contribution in [0.1, 0.15) is 64.7 Å². The normalized spacial score (nSPS) is 27.4. The molecule has 4 heteroatoms. The van der Waals surface area contributed by atoms with Gasteiger partial charge in [0.05, 0.1) is 11.0 Å². The highest BCUT2D eigenvalue weighted by atomic mass is 32.2. The van der Waals surface area contributed by atoms with Crippen LogP contribution >= 0.6 is 0 Å². The van der Waals surface area contributed by atoms with E-state index in [1.54, 1.807) is 0 Å². The molecule has 0 spiro atoms. The third-order valence-electron chi connectivity index (χ3n) is 3.75. The van der Waals surface area contributed by atoms with Gasteiger partial charge in [0.25, 0.3) is 0 Å². The lowest BCUT2D eigenvalue weighted by atomic mass is 9.97. The highest BCUT2D eigenvalue weighted by Gasteiger charge is 2.30. The Morgan fingerprint density at radius 2 is 1.71 bits per heavy atom. The smallest absolute Gasteiger partial charge is 0.154 e. The Morgan fingerprint density at radius 1 is 1.06 bits per heavy atom. The van der Waals surface area contributed by atoms with Crippen molar-refractivity contribution in [1.29, 1.82) is 0 Å². The first-order valence-electron chi connectivity index (χ1n) is 7.05. The van der Waals surface area contributed by atoms with Gasteiger partial charge in [-0.15, -0.1) is 0 Å². The molecule has 1 saturated carbocycles. The molecule has 2 N–H and O–H groups in total. The molecule has 102 valence electrons. The van der Waals surface area contributed by atoms with E-state index in [1.165, 1.54) is 6.42 Å². The minimum Gasteiger partial charge on any atom is -0.327 e. The number of rotatable bonds is 5. The molecule has 0 aromatic rings. The summed E-state index contributed by atoms with van der Waals surface area (Å²) in [5, 5.41) is -0.278. The molecular formula is C13H27NO2S. The Balaban J connectivity index is 2.58. The van der Waals surface area contributed by atoms with Crippen LogP contribution in [0.5, 0.6) is 0 Å². The predicted molar refractivity (Wildman–Crippen MR) is 72.8 cm³/mol. The molecule has 0 aromatic heterocycles. The van der Waals surface area contributed by atoms with Crippen LogP contribution in [-0.2, 0) is 9.84 Å². The van der Waals surface area contributed by atoms with Crippen molar-refractivity contribution in [1.82, 2.24) is 0 Å². The van der Waals surface area contributed by atoms with Crippen LogP contribution in [0.2, 0.25) is 0 Å². The van der Waals surface area contributed by atoms with Crippen molar-refractivity contribution in [3.05, 3.63) is 0 Å². The molecule has 0 bridgehead atoms. The van der Waals surface area contributed by atoms with Crippen LogP contribution in [-0.4, -0.2) is 25.5 Å². The van der Waals surface area contributed by atoms with Gasteiger partial charge in [0.15, 0.2) is 9.84 Å². The summed E-state index contributed by atoms with van der Waals surface area (Å²) in [6.45, 7) is 2.09. The van der Waals surface area contributed by atoms with Crippen LogP contribution in [0.15, 0.2) is 0 Å². The number of unbranched alkanes of at least 4 members (excludes halogenated alkanes) is 2. The second-order valence-electron chi connectivity index (χ2n) is 5.27. The molecule has 1 rings (SSSR count). The van der Waals surface area contributed by atoms with Crippen molar-refractivity contribution in [3.8, 4) is 0 Å². The first-order chi connectivity index (χ1) is 8.08. The molecule has 0 aliphatic heterocycles. The minimum absolute atomic E-state index is 0.137. The summed E-state index contributed by atoms with van der Waals surface area (Å²) in [5.41, 5.74) is 6.06. The summed E-state index contributed by atoms with van der Waals surface area (Å²) in [5.74, 6) is 0.333. The monoisotopic (exact) mass is 261 g/mol. The molecule has 17 heavy (non-hydrogen) atoms. The standard InChI is InChI=1S/C13H27NO2S/c1-2-3-8-11-17(15,16)13-10-7-5-4-6-9-12(13)14/h12-13H,2-11,14H2,1H3. The zero-order valence-electron chi connectivity index (χ0n) is 11.0. The summed E-state index contributed by atoms with van der Waals surface area (Å²) in [6.07, 6.45) is 8.97. The molecule has 0 amide bonds. The summed E-state index contributed by atoms with van der Waals surface area (Å²) in [4.78, 5) is 0. The third kappa shape index (κ3) is 4.96. The van der Waals surface area contributed by atoms with Gasteiger partial charge < -0.3 is 5.73 Å².